The Morgan fingerprint density at radius 3 is 2.35 bits per heavy atom. The minimum atomic E-state index is -0.131. The smallest absolute Gasteiger partial charge is 0.273 e. The Kier molecular flexibility index (Phi) is 6.14. The molecular formula is C19H16Cl2N2O2S. The average molecular weight is 407 g/mol. The molecule has 0 N–H and O–H groups in total. The van der Waals surface area contributed by atoms with Gasteiger partial charge in [-0.1, -0.05) is 35.3 Å². The minimum Gasteiger partial charge on any atom is -0.486 e. The highest BCUT2D eigenvalue weighted by Crippen LogP contribution is 2.19. The van der Waals surface area contributed by atoms with Gasteiger partial charge in [-0.25, -0.2) is 4.98 Å². The van der Waals surface area contributed by atoms with Crippen LogP contribution in [0.5, 0.6) is 5.75 Å². The maximum atomic E-state index is 12.5. The van der Waals surface area contributed by atoms with Crippen molar-refractivity contribution in [2.24, 2.45) is 0 Å². The fraction of sp³-hybridized carbons (Fsp3) is 0.158. The Morgan fingerprint density at radius 2 is 1.69 bits per heavy atom. The van der Waals surface area contributed by atoms with E-state index in [0.717, 1.165) is 10.6 Å². The van der Waals surface area contributed by atoms with Crippen LogP contribution in [0.15, 0.2) is 53.9 Å². The number of thiazole rings is 1. The third-order valence-electron chi connectivity index (χ3n) is 3.63. The number of aromatic nitrogens is 1. The Labute approximate surface area is 166 Å². The molecule has 1 amide bonds. The van der Waals surface area contributed by atoms with Crippen molar-refractivity contribution in [1.29, 1.82) is 0 Å². The van der Waals surface area contributed by atoms with Crippen LogP contribution in [-0.4, -0.2) is 22.8 Å². The van der Waals surface area contributed by atoms with Crippen molar-refractivity contribution < 1.29 is 9.53 Å². The molecule has 0 aliphatic heterocycles. The summed E-state index contributed by atoms with van der Waals surface area (Å²) >= 11 is 13.1. The summed E-state index contributed by atoms with van der Waals surface area (Å²) in [7, 11) is 1.75. The number of amides is 1. The van der Waals surface area contributed by atoms with Gasteiger partial charge in [0.05, 0.1) is 0 Å². The van der Waals surface area contributed by atoms with Crippen molar-refractivity contribution >= 4 is 40.4 Å². The van der Waals surface area contributed by atoms with Crippen LogP contribution in [0.25, 0.3) is 0 Å². The van der Waals surface area contributed by atoms with E-state index in [0.29, 0.717) is 34.6 Å². The first-order valence-corrected chi connectivity index (χ1v) is 9.47. The van der Waals surface area contributed by atoms with Gasteiger partial charge in [-0.05, 0) is 42.0 Å². The molecule has 3 rings (SSSR count). The number of halogens is 2. The number of rotatable bonds is 6. The molecule has 26 heavy (non-hydrogen) atoms. The molecule has 0 aliphatic rings. The number of carbonyl (C=O) groups is 1. The fourth-order valence-corrected chi connectivity index (χ4v) is 3.21. The summed E-state index contributed by atoms with van der Waals surface area (Å²) in [6.07, 6.45) is 0. The van der Waals surface area contributed by atoms with Crippen LogP contribution in [0.2, 0.25) is 10.0 Å². The summed E-state index contributed by atoms with van der Waals surface area (Å²) < 4.78 is 5.66. The molecule has 0 aliphatic carbocycles. The van der Waals surface area contributed by atoms with Gasteiger partial charge in [0.25, 0.3) is 5.91 Å². The molecule has 0 saturated carbocycles. The molecule has 3 aromatic rings. The second-order valence-corrected chi connectivity index (χ2v) is 7.47. The molecule has 0 bridgehead atoms. The predicted octanol–water partition coefficient (Wildman–Crippen LogP) is 5.30. The van der Waals surface area contributed by atoms with E-state index in [9.17, 15) is 4.79 Å². The monoisotopic (exact) mass is 406 g/mol. The van der Waals surface area contributed by atoms with Crippen LogP contribution in [0.4, 0.5) is 0 Å². The molecular weight excluding hydrogens is 391 g/mol. The zero-order chi connectivity index (χ0) is 18.5. The number of nitrogens with zero attached hydrogens (tertiary/aromatic N) is 2. The lowest BCUT2D eigenvalue weighted by molar-refractivity contribution is 0.0779. The SMILES string of the molecule is CN(Cc1ccc(Cl)cc1)C(=O)c1csc(COc2ccc(Cl)cc2)n1. The van der Waals surface area contributed by atoms with E-state index in [1.807, 2.05) is 24.3 Å². The lowest BCUT2D eigenvalue weighted by atomic mass is 10.2. The Morgan fingerprint density at radius 1 is 1.08 bits per heavy atom. The van der Waals surface area contributed by atoms with Crippen molar-refractivity contribution in [3.63, 3.8) is 0 Å². The van der Waals surface area contributed by atoms with Gasteiger partial charge in [0, 0.05) is 29.0 Å². The van der Waals surface area contributed by atoms with Crippen LogP contribution in [0.1, 0.15) is 21.1 Å². The van der Waals surface area contributed by atoms with E-state index in [-0.39, 0.29) is 5.91 Å². The van der Waals surface area contributed by atoms with Gasteiger partial charge in [-0.3, -0.25) is 4.79 Å². The lowest BCUT2D eigenvalue weighted by Crippen LogP contribution is -2.26. The minimum absolute atomic E-state index is 0.131. The zero-order valence-corrected chi connectivity index (χ0v) is 16.3. The molecule has 0 unspecified atom stereocenters. The number of carbonyl (C=O) groups excluding carboxylic acids is 1. The number of hydrogen-bond donors (Lipinski definition) is 0. The van der Waals surface area contributed by atoms with Crippen LogP contribution >= 0.6 is 34.5 Å². The summed E-state index contributed by atoms with van der Waals surface area (Å²) in [5, 5.41) is 3.82. The molecule has 0 saturated heterocycles. The molecule has 0 atom stereocenters. The van der Waals surface area contributed by atoms with Crippen LogP contribution < -0.4 is 4.74 Å². The largest absolute Gasteiger partial charge is 0.486 e. The summed E-state index contributed by atoms with van der Waals surface area (Å²) in [6.45, 7) is 0.796. The molecule has 4 nitrogen and oxygen atoms in total. The van der Waals surface area contributed by atoms with E-state index in [4.69, 9.17) is 27.9 Å². The molecule has 0 radical (unpaired) electrons. The molecule has 134 valence electrons. The zero-order valence-electron chi connectivity index (χ0n) is 14.0. The quantitative estimate of drug-likeness (QED) is 0.557. The molecule has 2 aromatic carbocycles. The van der Waals surface area contributed by atoms with E-state index < -0.39 is 0 Å². The first kappa shape index (κ1) is 18.7. The van der Waals surface area contributed by atoms with Crippen molar-refractivity contribution in [3.8, 4) is 5.75 Å². The van der Waals surface area contributed by atoms with Gasteiger partial charge in [0.15, 0.2) is 0 Å². The number of ether oxygens (including phenoxy) is 1. The predicted molar refractivity (Wildman–Crippen MR) is 105 cm³/mol. The standard InChI is InChI=1S/C19H16Cl2N2O2S/c1-23(10-13-2-4-14(20)5-3-13)19(24)17-12-26-18(22-17)11-25-16-8-6-15(21)7-9-16/h2-9,12H,10-11H2,1H3. The van der Waals surface area contributed by atoms with E-state index in [1.165, 1.54) is 11.3 Å². The Bertz CT molecular complexity index is 879. The fourth-order valence-electron chi connectivity index (χ4n) is 2.28. The maximum absolute atomic E-state index is 12.5. The maximum Gasteiger partial charge on any atom is 0.273 e. The summed E-state index contributed by atoms with van der Waals surface area (Å²) in [5.74, 6) is 0.575. The second kappa shape index (κ2) is 8.54. The van der Waals surface area contributed by atoms with Crippen molar-refractivity contribution in [3.05, 3.63) is 80.2 Å². The third kappa shape index (κ3) is 4.97. The first-order chi connectivity index (χ1) is 12.5. The number of benzene rings is 2. The molecule has 7 heteroatoms. The summed E-state index contributed by atoms with van der Waals surface area (Å²) in [6, 6.07) is 14.5. The van der Waals surface area contributed by atoms with E-state index in [1.54, 1.807) is 41.6 Å². The molecule has 1 aromatic heterocycles. The van der Waals surface area contributed by atoms with Gasteiger partial charge in [0.2, 0.25) is 0 Å². The highest BCUT2D eigenvalue weighted by molar-refractivity contribution is 7.09. The third-order valence-corrected chi connectivity index (χ3v) is 4.95. The topological polar surface area (TPSA) is 42.4 Å². The van der Waals surface area contributed by atoms with Crippen molar-refractivity contribution in [2.75, 3.05) is 7.05 Å². The van der Waals surface area contributed by atoms with Crippen LogP contribution in [-0.2, 0) is 13.2 Å². The van der Waals surface area contributed by atoms with Gasteiger partial charge >= 0.3 is 0 Å². The van der Waals surface area contributed by atoms with Crippen LogP contribution in [0, 0.1) is 0 Å². The Balaban J connectivity index is 1.58. The van der Waals surface area contributed by atoms with Crippen LogP contribution in [0.3, 0.4) is 0 Å². The first-order valence-electron chi connectivity index (χ1n) is 7.84. The Hall–Kier alpha value is -2.08. The van der Waals surface area contributed by atoms with Crippen molar-refractivity contribution in [1.82, 2.24) is 9.88 Å². The molecule has 0 spiro atoms. The highest BCUT2D eigenvalue weighted by Gasteiger charge is 2.16. The molecule has 1 heterocycles. The summed E-state index contributed by atoms with van der Waals surface area (Å²) in [4.78, 5) is 18.5. The van der Waals surface area contributed by atoms with E-state index >= 15 is 0 Å². The van der Waals surface area contributed by atoms with Gasteiger partial charge < -0.3 is 9.64 Å². The second-order valence-electron chi connectivity index (χ2n) is 5.66. The van der Waals surface area contributed by atoms with Gasteiger partial charge in [0.1, 0.15) is 23.1 Å². The normalized spacial score (nSPS) is 10.6. The summed E-state index contributed by atoms with van der Waals surface area (Å²) in [5.41, 5.74) is 1.42. The lowest BCUT2D eigenvalue weighted by Gasteiger charge is -2.16. The van der Waals surface area contributed by atoms with Crippen molar-refractivity contribution in [2.45, 2.75) is 13.2 Å². The van der Waals surface area contributed by atoms with Gasteiger partial charge in [-0.15, -0.1) is 11.3 Å². The van der Waals surface area contributed by atoms with Gasteiger partial charge in [-0.2, -0.15) is 0 Å². The average Bonchev–Trinajstić information content (AvgIpc) is 3.11. The molecule has 0 fully saturated rings. The van der Waals surface area contributed by atoms with E-state index in [2.05, 4.69) is 4.98 Å². The number of hydrogen-bond acceptors (Lipinski definition) is 4. The highest BCUT2D eigenvalue weighted by atomic mass is 35.5.